The number of hydrazone groups is 1. The fourth-order valence-corrected chi connectivity index (χ4v) is 3.47. The molecule has 2 aromatic carbocycles. The maximum Gasteiger partial charge on any atom is 0.271 e. The lowest BCUT2D eigenvalue weighted by atomic mass is 10.2. The van der Waals surface area contributed by atoms with Crippen LogP contribution in [0.4, 0.5) is 0 Å². The molecule has 0 unspecified atom stereocenters. The van der Waals surface area contributed by atoms with Crippen molar-refractivity contribution >= 4 is 34.7 Å². The molecule has 0 aromatic heterocycles. The van der Waals surface area contributed by atoms with E-state index in [-0.39, 0.29) is 5.91 Å². The number of nitrogens with one attached hydrogen (secondary N) is 1. The average Bonchev–Trinajstić information content (AvgIpc) is 2.78. The van der Waals surface area contributed by atoms with Gasteiger partial charge < -0.3 is 18.9 Å². The van der Waals surface area contributed by atoms with Crippen LogP contribution in [0.25, 0.3) is 0 Å². The Kier molecular flexibility index (Phi) is 10.9. The molecule has 0 aliphatic carbocycles. The number of carbonyl (C=O) groups is 1. The number of hydrogen-bond acceptors (Lipinski definition) is 6. The van der Waals surface area contributed by atoms with Crippen LogP contribution in [0.3, 0.4) is 0 Å². The zero-order chi connectivity index (χ0) is 23.3. The van der Waals surface area contributed by atoms with E-state index >= 15 is 0 Å². The molecule has 0 atom stereocenters. The first kappa shape index (κ1) is 25.5. The van der Waals surface area contributed by atoms with Crippen molar-refractivity contribution in [1.29, 1.82) is 0 Å². The Morgan fingerprint density at radius 2 is 1.78 bits per heavy atom. The Balaban J connectivity index is 2.14. The number of benzene rings is 2. The van der Waals surface area contributed by atoms with Gasteiger partial charge in [-0.1, -0.05) is 19.6 Å². The number of rotatable bonds is 13. The van der Waals surface area contributed by atoms with Gasteiger partial charge in [0.05, 0.1) is 29.6 Å². The second-order valence-electron chi connectivity index (χ2n) is 6.50. The molecule has 1 N–H and O–H groups in total. The summed E-state index contributed by atoms with van der Waals surface area (Å²) in [6, 6.07) is 8.73. The van der Waals surface area contributed by atoms with Crippen LogP contribution in [-0.4, -0.2) is 38.5 Å². The highest BCUT2D eigenvalue weighted by Gasteiger charge is 2.13. The minimum absolute atomic E-state index is 0.348. The largest absolute Gasteiger partial charge is 0.490 e. The first-order valence-electron chi connectivity index (χ1n) is 10.5. The van der Waals surface area contributed by atoms with Crippen molar-refractivity contribution in [2.45, 2.75) is 27.2 Å². The quantitative estimate of drug-likeness (QED) is 0.160. The van der Waals surface area contributed by atoms with E-state index in [2.05, 4.69) is 46.6 Å². The predicted octanol–water partition coefficient (Wildman–Crippen LogP) is 5.21. The molecule has 0 aliphatic heterocycles. The van der Waals surface area contributed by atoms with Gasteiger partial charge >= 0.3 is 0 Å². The summed E-state index contributed by atoms with van der Waals surface area (Å²) in [7, 11) is 0. The van der Waals surface area contributed by atoms with Gasteiger partial charge in [-0.05, 0) is 78.8 Å². The van der Waals surface area contributed by atoms with Gasteiger partial charge in [-0.3, -0.25) is 4.79 Å². The summed E-state index contributed by atoms with van der Waals surface area (Å²) in [5, 5.41) is 4.09. The highest BCUT2D eigenvalue weighted by atomic mass is 127. The molecule has 8 heteroatoms. The van der Waals surface area contributed by atoms with Crippen molar-refractivity contribution in [2.75, 3.05) is 26.4 Å². The second-order valence-corrected chi connectivity index (χ2v) is 7.67. The second kappa shape index (κ2) is 13.6. The van der Waals surface area contributed by atoms with Crippen LogP contribution in [0.2, 0.25) is 0 Å². The molecule has 0 saturated carbocycles. The van der Waals surface area contributed by atoms with Crippen LogP contribution in [-0.2, 0) is 0 Å². The smallest absolute Gasteiger partial charge is 0.271 e. The molecule has 0 bridgehead atoms. The molecule has 2 rings (SSSR count). The molecular weight excluding hydrogens is 523 g/mol. The Morgan fingerprint density at radius 3 is 2.47 bits per heavy atom. The standard InChI is InChI=1S/C24H29IN2O5/c1-5-11-31-20-10-9-18(15-21(20)29-7-3)24(28)27-26-16-17-13-19(25)23(32-12-6-2)22(14-17)30-8-4/h5,9-10,13-16H,1,6-8,11-12H2,2-4H3,(H,27,28)/b26-16+. The molecule has 172 valence electrons. The minimum Gasteiger partial charge on any atom is -0.490 e. The Bertz CT molecular complexity index is 946. The van der Waals surface area contributed by atoms with E-state index < -0.39 is 0 Å². The lowest BCUT2D eigenvalue weighted by Crippen LogP contribution is -2.17. The molecular formula is C24H29IN2O5. The van der Waals surface area contributed by atoms with E-state index in [1.165, 1.54) is 0 Å². The van der Waals surface area contributed by atoms with Crippen molar-refractivity contribution in [2.24, 2.45) is 5.10 Å². The third kappa shape index (κ3) is 7.44. The minimum atomic E-state index is -0.361. The van der Waals surface area contributed by atoms with Crippen LogP contribution in [0.15, 0.2) is 48.1 Å². The lowest BCUT2D eigenvalue weighted by molar-refractivity contribution is 0.0954. The third-order valence-electron chi connectivity index (χ3n) is 4.02. The van der Waals surface area contributed by atoms with Gasteiger partial charge in [0.2, 0.25) is 0 Å². The number of nitrogens with zero attached hydrogens (tertiary/aromatic N) is 1. The molecule has 0 spiro atoms. The normalized spacial score (nSPS) is 10.6. The number of hydrogen-bond donors (Lipinski definition) is 1. The van der Waals surface area contributed by atoms with Crippen LogP contribution < -0.4 is 24.4 Å². The highest BCUT2D eigenvalue weighted by molar-refractivity contribution is 14.1. The Hall–Kier alpha value is -2.75. The zero-order valence-electron chi connectivity index (χ0n) is 18.7. The predicted molar refractivity (Wildman–Crippen MR) is 134 cm³/mol. The fraction of sp³-hybridized carbons (Fsp3) is 0.333. The monoisotopic (exact) mass is 552 g/mol. The SMILES string of the molecule is C=CCOc1ccc(C(=O)N/N=C/c2cc(I)c(OCCC)c(OCC)c2)cc1OCC. The van der Waals surface area contributed by atoms with E-state index in [4.69, 9.17) is 18.9 Å². The summed E-state index contributed by atoms with van der Waals surface area (Å²) in [4.78, 5) is 12.5. The Morgan fingerprint density at radius 1 is 1.03 bits per heavy atom. The van der Waals surface area contributed by atoms with Gasteiger partial charge in [0.15, 0.2) is 23.0 Å². The van der Waals surface area contributed by atoms with Crippen LogP contribution in [0, 0.1) is 3.57 Å². The first-order chi connectivity index (χ1) is 15.5. The maximum absolute atomic E-state index is 12.5. The van der Waals surface area contributed by atoms with Crippen LogP contribution in [0.1, 0.15) is 43.1 Å². The molecule has 0 heterocycles. The number of ether oxygens (including phenoxy) is 4. The summed E-state index contributed by atoms with van der Waals surface area (Å²) in [6.45, 7) is 11.4. The Labute approximate surface area is 202 Å². The topological polar surface area (TPSA) is 78.4 Å². The molecule has 0 radical (unpaired) electrons. The number of halogens is 1. The summed E-state index contributed by atoms with van der Waals surface area (Å²) in [5.41, 5.74) is 3.73. The number of carbonyl (C=O) groups excluding carboxylic acids is 1. The molecule has 7 nitrogen and oxygen atoms in total. The van der Waals surface area contributed by atoms with E-state index in [0.717, 1.165) is 21.3 Å². The van der Waals surface area contributed by atoms with Gasteiger partial charge in [-0.25, -0.2) is 5.43 Å². The van der Waals surface area contributed by atoms with Gasteiger partial charge in [0.25, 0.3) is 5.91 Å². The summed E-state index contributed by atoms with van der Waals surface area (Å²) < 4.78 is 23.6. The van der Waals surface area contributed by atoms with Crippen LogP contribution in [0.5, 0.6) is 23.0 Å². The third-order valence-corrected chi connectivity index (χ3v) is 4.83. The van der Waals surface area contributed by atoms with Crippen LogP contribution >= 0.6 is 22.6 Å². The van der Waals surface area contributed by atoms with Crippen molar-refractivity contribution < 1.29 is 23.7 Å². The van der Waals surface area contributed by atoms with E-state index in [0.29, 0.717) is 49.2 Å². The van der Waals surface area contributed by atoms with E-state index in [1.54, 1.807) is 30.5 Å². The van der Waals surface area contributed by atoms with Crippen molar-refractivity contribution in [3.05, 3.63) is 57.7 Å². The van der Waals surface area contributed by atoms with Gasteiger partial charge in [-0.15, -0.1) is 0 Å². The van der Waals surface area contributed by atoms with Crippen molar-refractivity contribution in [3.8, 4) is 23.0 Å². The first-order valence-corrected chi connectivity index (χ1v) is 11.5. The van der Waals surface area contributed by atoms with Crippen molar-refractivity contribution in [3.63, 3.8) is 0 Å². The van der Waals surface area contributed by atoms with Gasteiger partial charge in [0.1, 0.15) is 6.61 Å². The highest BCUT2D eigenvalue weighted by Crippen LogP contribution is 2.34. The fourth-order valence-electron chi connectivity index (χ4n) is 2.69. The summed E-state index contributed by atoms with van der Waals surface area (Å²) in [5.74, 6) is 2.05. The molecule has 0 fully saturated rings. The molecule has 1 amide bonds. The van der Waals surface area contributed by atoms with Gasteiger partial charge in [0, 0.05) is 5.56 Å². The number of amides is 1. The summed E-state index contributed by atoms with van der Waals surface area (Å²) >= 11 is 2.20. The lowest BCUT2D eigenvalue weighted by Gasteiger charge is -2.14. The van der Waals surface area contributed by atoms with Gasteiger partial charge in [-0.2, -0.15) is 5.10 Å². The zero-order valence-corrected chi connectivity index (χ0v) is 20.8. The maximum atomic E-state index is 12.5. The van der Waals surface area contributed by atoms with Crippen molar-refractivity contribution in [1.82, 2.24) is 5.43 Å². The molecule has 0 aliphatic rings. The van der Waals surface area contributed by atoms with E-state index in [1.807, 2.05) is 26.0 Å². The molecule has 32 heavy (non-hydrogen) atoms. The molecule has 0 saturated heterocycles. The average molecular weight is 552 g/mol. The van der Waals surface area contributed by atoms with E-state index in [9.17, 15) is 4.79 Å². The molecule has 2 aromatic rings. The summed E-state index contributed by atoms with van der Waals surface area (Å²) in [6.07, 6.45) is 4.12.